The average molecular weight is 357 g/mol. The van der Waals surface area contributed by atoms with E-state index in [-0.39, 0.29) is 12.0 Å². The largest absolute Gasteiger partial charge is 0.444 e. The van der Waals surface area contributed by atoms with Crippen LogP contribution >= 0.6 is 0 Å². The normalized spacial score (nSPS) is 13.9. The minimum absolute atomic E-state index is 0.303. The maximum Gasteiger partial charge on any atom is 0.410 e. The van der Waals surface area contributed by atoms with Gasteiger partial charge in [-0.05, 0) is 39.3 Å². The van der Waals surface area contributed by atoms with Crippen molar-refractivity contribution in [3.63, 3.8) is 0 Å². The smallest absolute Gasteiger partial charge is 0.410 e. The summed E-state index contributed by atoms with van der Waals surface area (Å²) in [6.07, 6.45) is 0.146. The molecule has 0 radical (unpaired) electrons. The summed E-state index contributed by atoms with van der Waals surface area (Å²) >= 11 is 0. The third kappa shape index (κ3) is 3.79. The number of carbonyl (C=O) groups is 2. The first-order chi connectivity index (χ1) is 12.2. The van der Waals surface area contributed by atoms with Crippen LogP contribution in [0.25, 0.3) is 0 Å². The number of nitrogens with one attached hydrogen (secondary N) is 2. The molecule has 8 heteroatoms. The zero-order chi connectivity index (χ0) is 18.9. The van der Waals surface area contributed by atoms with Gasteiger partial charge in [-0.25, -0.2) is 4.79 Å². The number of hydrogen-bond acceptors (Lipinski definition) is 5. The monoisotopic (exact) mass is 357 g/mol. The number of aromatic nitrogens is 2. The van der Waals surface area contributed by atoms with Crippen LogP contribution in [0.2, 0.25) is 0 Å². The minimum Gasteiger partial charge on any atom is -0.444 e. The SMILES string of the molecule is CC(C)(C)OC(=O)N1CCc2c(n[nH]c2C(=O)Nc2ccccc2N)C1. The van der Waals surface area contributed by atoms with Crippen LogP contribution in [0, 0.1) is 0 Å². The number of H-pyrrole nitrogens is 1. The maximum atomic E-state index is 12.6. The molecule has 0 saturated carbocycles. The number of anilines is 2. The zero-order valence-corrected chi connectivity index (χ0v) is 15.1. The Kier molecular flexibility index (Phi) is 4.58. The van der Waals surface area contributed by atoms with E-state index < -0.39 is 5.60 Å². The molecule has 1 aromatic carbocycles. The van der Waals surface area contributed by atoms with Gasteiger partial charge >= 0.3 is 6.09 Å². The fourth-order valence-electron chi connectivity index (χ4n) is 2.78. The van der Waals surface area contributed by atoms with Crippen LogP contribution in [0.15, 0.2) is 24.3 Å². The van der Waals surface area contributed by atoms with Gasteiger partial charge in [0, 0.05) is 12.1 Å². The molecular weight excluding hydrogens is 334 g/mol. The highest BCUT2D eigenvalue weighted by atomic mass is 16.6. The summed E-state index contributed by atoms with van der Waals surface area (Å²) in [5.74, 6) is -0.303. The summed E-state index contributed by atoms with van der Waals surface area (Å²) < 4.78 is 5.39. The molecule has 1 aliphatic rings. The van der Waals surface area contributed by atoms with Crippen LogP contribution in [-0.2, 0) is 17.7 Å². The predicted octanol–water partition coefficient (Wildman–Crippen LogP) is 2.54. The van der Waals surface area contributed by atoms with Gasteiger partial charge in [-0.2, -0.15) is 5.10 Å². The number of amides is 2. The lowest BCUT2D eigenvalue weighted by molar-refractivity contribution is 0.0221. The first kappa shape index (κ1) is 17.8. The van der Waals surface area contributed by atoms with Gasteiger partial charge in [0.1, 0.15) is 11.3 Å². The van der Waals surface area contributed by atoms with Gasteiger partial charge in [-0.3, -0.25) is 9.89 Å². The second-order valence-electron chi connectivity index (χ2n) is 7.22. The van der Waals surface area contributed by atoms with Crippen molar-refractivity contribution < 1.29 is 14.3 Å². The first-order valence-corrected chi connectivity index (χ1v) is 8.44. The standard InChI is InChI=1S/C18H23N5O3/c1-18(2,3)26-17(25)23-9-8-11-14(10-23)21-22-15(11)16(24)20-13-7-5-4-6-12(13)19/h4-7H,8-10,19H2,1-3H3,(H,20,24)(H,21,22). The number of carbonyl (C=O) groups excluding carboxylic acids is 2. The van der Waals surface area contributed by atoms with Gasteiger partial charge in [0.05, 0.1) is 23.6 Å². The third-order valence-electron chi connectivity index (χ3n) is 4.01. The highest BCUT2D eigenvalue weighted by Crippen LogP contribution is 2.24. The van der Waals surface area contributed by atoms with Crippen LogP contribution in [0.3, 0.4) is 0 Å². The Labute approximate surface area is 151 Å². The number of nitrogen functional groups attached to an aromatic ring is 1. The fraction of sp³-hybridized carbons (Fsp3) is 0.389. The molecule has 26 heavy (non-hydrogen) atoms. The number of ether oxygens (including phenoxy) is 1. The summed E-state index contributed by atoms with van der Waals surface area (Å²) in [6, 6.07) is 7.05. The summed E-state index contributed by atoms with van der Waals surface area (Å²) in [4.78, 5) is 26.4. The van der Waals surface area contributed by atoms with Crippen molar-refractivity contribution in [1.29, 1.82) is 0 Å². The van der Waals surface area contributed by atoms with Gasteiger partial charge in [0.2, 0.25) is 0 Å². The summed E-state index contributed by atoms with van der Waals surface area (Å²) in [5.41, 5.74) is 8.24. The van der Waals surface area contributed by atoms with Gasteiger partial charge in [-0.15, -0.1) is 0 Å². The molecular formula is C18H23N5O3. The summed E-state index contributed by atoms with van der Waals surface area (Å²) in [5, 5.41) is 9.77. The number of aromatic amines is 1. The lowest BCUT2D eigenvalue weighted by Gasteiger charge is -2.29. The third-order valence-corrected chi connectivity index (χ3v) is 4.01. The Morgan fingerprint density at radius 1 is 1.31 bits per heavy atom. The van der Waals surface area contributed by atoms with Crippen LogP contribution in [0.5, 0.6) is 0 Å². The molecule has 1 aliphatic heterocycles. The molecule has 0 saturated heterocycles. The van der Waals surface area contributed by atoms with E-state index in [0.29, 0.717) is 42.3 Å². The number of para-hydroxylation sites is 2. The Bertz CT molecular complexity index is 838. The predicted molar refractivity (Wildman–Crippen MR) is 97.7 cm³/mol. The van der Waals surface area contributed by atoms with E-state index in [1.54, 1.807) is 29.2 Å². The fourth-order valence-corrected chi connectivity index (χ4v) is 2.78. The van der Waals surface area contributed by atoms with Crippen molar-refractivity contribution in [2.24, 2.45) is 0 Å². The second-order valence-corrected chi connectivity index (χ2v) is 7.22. The zero-order valence-electron chi connectivity index (χ0n) is 15.1. The van der Waals surface area contributed by atoms with E-state index in [1.165, 1.54) is 0 Å². The van der Waals surface area contributed by atoms with Crippen molar-refractivity contribution in [2.45, 2.75) is 39.3 Å². The number of fused-ring (bicyclic) bond motifs is 1. The molecule has 4 N–H and O–H groups in total. The second kappa shape index (κ2) is 6.70. The van der Waals surface area contributed by atoms with E-state index in [0.717, 1.165) is 5.56 Å². The molecule has 2 heterocycles. The van der Waals surface area contributed by atoms with Crippen molar-refractivity contribution in [1.82, 2.24) is 15.1 Å². The Morgan fingerprint density at radius 2 is 2.04 bits per heavy atom. The molecule has 138 valence electrons. The maximum absolute atomic E-state index is 12.6. The van der Waals surface area contributed by atoms with Crippen molar-refractivity contribution >= 4 is 23.4 Å². The highest BCUT2D eigenvalue weighted by Gasteiger charge is 2.30. The lowest BCUT2D eigenvalue weighted by Crippen LogP contribution is -2.40. The highest BCUT2D eigenvalue weighted by molar-refractivity contribution is 6.05. The Balaban J connectivity index is 1.72. The van der Waals surface area contributed by atoms with Crippen molar-refractivity contribution in [3.8, 4) is 0 Å². The molecule has 0 fully saturated rings. The number of benzene rings is 1. The van der Waals surface area contributed by atoms with Crippen LogP contribution in [-0.4, -0.2) is 39.2 Å². The van der Waals surface area contributed by atoms with Gasteiger partial charge in [0.25, 0.3) is 5.91 Å². The molecule has 2 amide bonds. The van der Waals surface area contributed by atoms with E-state index in [1.807, 2.05) is 20.8 Å². The lowest BCUT2D eigenvalue weighted by atomic mass is 10.0. The molecule has 3 rings (SSSR count). The van der Waals surface area contributed by atoms with Gasteiger partial charge in [0.15, 0.2) is 0 Å². The first-order valence-electron chi connectivity index (χ1n) is 8.44. The Morgan fingerprint density at radius 3 is 2.73 bits per heavy atom. The molecule has 8 nitrogen and oxygen atoms in total. The number of nitrogens with zero attached hydrogens (tertiary/aromatic N) is 2. The quantitative estimate of drug-likeness (QED) is 0.715. The minimum atomic E-state index is -0.552. The molecule has 0 unspecified atom stereocenters. The van der Waals surface area contributed by atoms with Crippen LogP contribution in [0.4, 0.5) is 16.2 Å². The Hall–Kier alpha value is -3.03. The topological polar surface area (TPSA) is 113 Å². The summed E-state index contributed by atoms with van der Waals surface area (Å²) in [6.45, 7) is 6.25. The van der Waals surface area contributed by atoms with E-state index >= 15 is 0 Å². The number of nitrogens with two attached hydrogens (primary N) is 1. The molecule has 0 aliphatic carbocycles. The number of hydrogen-bond donors (Lipinski definition) is 3. The van der Waals surface area contributed by atoms with E-state index in [9.17, 15) is 9.59 Å². The molecule has 0 spiro atoms. The van der Waals surface area contributed by atoms with E-state index in [4.69, 9.17) is 10.5 Å². The molecule has 1 aromatic heterocycles. The number of rotatable bonds is 2. The van der Waals surface area contributed by atoms with E-state index in [2.05, 4.69) is 15.5 Å². The average Bonchev–Trinajstić information content (AvgIpc) is 2.98. The van der Waals surface area contributed by atoms with Crippen LogP contribution < -0.4 is 11.1 Å². The molecule has 0 bridgehead atoms. The molecule has 2 aromatic rings. The van der Waals surface area contributed by atoms with Gasteiger partial charge in [-0.1, -0.05) is 12.1 Å². The summed E-state index contributed by atoms with van der Waals surface area (Å²) in [7, 11) is 0. The van der Waals surface area contributed by atoms with Crippen molar-refractivity contribution in [3.05, 3.63) is 41.2 Å². The van der Waals surface area contributed by atoms with Crippen molar-refractivity contribution in [2.75, 3.05) is 17.6 Å². The molecule has 0 atom stereocenters. The van der Waals surface area contributed by atoms with Gasteiger partial charge < -0.3 is 20.7 Å². The van der Waals surface area contributed by atoms with Crippen LogP contribution in [0.1, 0.15) is 42.5 Å².